The Bertz CT molecular complexity index is 570. The SMILES string of the molecule is CNc1ncc(F)cc1C(=O)NC(C)c1ncc[nH]1. The Morgan fingerprint density at radius 2 is 2.26 bits per heavy atom. The molecule has 2 aromatic heterocycles. The highest BCUT2D eigenvalue weighted by Crippen LogP contribution is 2.15. The summed E-state index contributed by atoms with van der Waals surface area (Å²) in [5.41, 5.74) is 0.154. The van der Waals surface area contributed by atoms with Crippen LogP contribution >= 0.6 is 0 Å². The minimum Gasteiger partial charge on any atom is -0.372 e. The average molecular weight is 263 g/mol. The lowest BCUT2D eigenvalue weighted by Crippen LogP contribution is -2.28. The molecule has 2 aromatic rings. The number of aromatic amines is 1. The third kappa shape index (κ3) is 2.87. The number of halogens is 1. The molecular weight excluding hydrogens is 249 g/mol. The van der Waals surface area contributed by atoms with Gasteiger partial charge in [0.2, 0.25) is 0 Å². The maximum absolute atomic E-state index is 13.2. The third-order valence-electron chi connectivity index (χ3n) is 2.61. The highest BCUT2D eigenvalue weighted by molar-refractivity contribution is 5.98. The summed E-state index contributed by atoms with van der Waals surface area (Å²) < 4.78 is 13.2. The molecule has 0 aliphatic rings. The van der Waals surface area contributed by atoms with Crippen LogP contribution in [-0.2, 0) is 0 Å². The van der Waals surface area contributed by atoms with Crippen LogP contribution in [0.1, 0.15) is 29.1 Å². The van der Waals surface area contributed by atoms with Crippen molar-refractivity contribution in [3.8, 4) is 0 Å². The number of nitrogens with zero attached hydrogens (tertiary/aromatic N) is 2. The van der Waals surface area contributed by atoms with E-state index in [0.717, 1.165) is 12.3 Å². The molecule has 0 fully saturated rings. The van der Waals surface area contributed by atoms with E-state index in [2.05, 4.69) is 25.6 Å². The van der Waals surface area contributed by atoms with Gasteiger partial charge in [0.05, 0.1) is 17.8 Å². The predicted octanol–water partition coefficient (Wildman–Crippen LogP) is 1.48. The summed E-state index contributed by atoms with van der Waals surface area (Å²) in [5, 5.41) is 5.47. The van der Waals surface area contributed by atoms with Crippen LogP contribution in [0.4, 0.5) is 10.2 Å². The molecule has 19 heavy (non-hydrogen) atoms. The molecule has 1 amide bonds. The van der Waals surface area contributed by atoms with E-state index in [4.69, 9.17) is 0 Å². The number of carbonyl (C=O) groups excluding carboxylic acids is 1. The number of amides is 1. The number of pyridine rings is 1. The monoisotopic (exact) mass is 263 g/mol. The predicted molar refractivity (Wildman–Crippen MR) is 68.2 cm³/mol. The van der Waals surface area contributed by atoms with Crippen molar-refractivity contribution in [3.63, 3.8) is 0 Å². The first kappa shape index (κ1) is 13.0. The van der Waals surface area contributed by atoms with Gasteiger partial charge in [-0.2, -0.15) is 0 Å². The lowest BCUT2D eigenvalue weighted by Gasteiger charge is -2.13. The summed E-state index contributed by atoms with van der Waals surface area (Å²) in [5.74, 6) is -0.0238. The van der Waals surface area contributed by atoms with Crippen LogP contribution in [0.25, 0.3) is 0 Å². The molecular formula is C12H14FN5O. The van der Waals surface area contributed by atoms with E-state index in [-0.39, 0.29) is 11.6 Å². The maximum atomic E-state index is 13.2. The van der Waals surface area contributed by atoms with Gasteiger partial charge in [-0.1, -0.05) is 0 Å². The van der Waals surface area contributed by atoms with Gasteiger partial charge in [-0.15, -0.1) is 0 Å². The van der Waals surface area contributed by atoms with Gasteiger partial charge in [-0.3, -0.25) is 4.79 Å². The average Bonchev–Trinajstić information content (AvgIpc) is 2.92. The van der Waals surface area contributed by atoms with Crippen LogP contribution in [0.5, 0.6) is 0 Å². The standard InChI is InChI=1S/C12H14FN5O/c1-7(10-15-3-4-16-10)18-12(19)9-5-8(13)6-17-11(9)14-2/h3-7H,1-2H3,(H,14,17)(H,15,16)(H,18,19). The van der Waals surface area contributed by atoms with E-state index >= 15 is 0 Å². The fourth-order valence-electron chi connectivity index (χ4n) is 1.67. The zero-order valence-electron chi connectivity index (χ0n) is 10.6. The van der Waals surface area contributed by atoms with Crippen molar-refractivity contribution >= 4 is 11.7 Å². The molecule has 1 unspecified atom stereocenters. The minimum atomic E-state index is -0.560. The highest BCUT2D eigenvalue weighted by Gasteiger charge is 2.17. The van der Waals surface area contributed by atoms with Crippen LogP contribution in [-0.4, -0.2) is 27.9 Å². The first-order valence-corrected chi connectivity index (χ1v) is 5.75. The fourth-order valence-corrected chi connectivity index (χ4v) is 1.67. The molecule has 3 N–H and O–H groups in total. The number of H-pyrrole nitrogens is 1. The molecule has 0 aliphatic heterocycles. The molecule has 0 spiro atoms. The van der Waals surface area contributed by atoms with E-state index in [0.29, 0.717) is 11.6 Å². The van der Waals surface area contributed by atoms with Crippen molar-refractivity contribution in [1.29, 1.82) is 0 Å². The normalized spacial score (nSPS) is 11.9. The van der Waals surface area contributed by atoms with Crippen LogP contribution in [0.15, 0.2) is 24.7 Å². The summed E-state index contributed by atoms with van der Waals surface area (Å²) in [7, 11) is 1.62. The largest absolute Gasteiger partial charge is 0.372 e. The first-order valence-electron chi connectivity index (χ1n) is 5.75. The van der Waals surface area contributed by atoms with Crippen molar-refractivity contribution in [2.75, 3.05) is 12.4 Å². The summed E-state index contributed by atoms with van der Waals surface area (Å²) in [4.78, 5) is 22.9. The molecule has 0 radical (unpaired) electrons. The minimum absolute atomic E-state index is 0.154. The number of carbonyl (C=O) groups is 1. The zero-order chi connectivity index (χ0) is 13.8. The van der Waals surface area contributed by atoms with Gasteiger partial charge in [-0.05, 0) is 13.0 Å². The molecule has 0 saturated heterocycles. The van der Waals surface area contributed by atoms with Gasteiger partial charge >= 0.3 is 0 Å². The number of anilines is 1. The number of hydrogen-bond acceptors (Lipinski definition) is 4. The molecule has 0 aromatic carbocycles. The van der Waals surface area contributed by atoms with Crippen LogP contribution in [0.3, 0.4) is 0 Å². The third-order valence-corrected chi connectivity index (χ3v) is 2.61. The van der Waals surface area contributed by atoms with E-state index in [1.807, 2.05) is 0 Å². The molecule has 6 nitrogen and oxygen atoms in total. The van der Waals surface area contributed by atoms with Gasteiger partial charge < -0.3 is 15.6 Å². The zero-order valence-corrected chi connectivity index (χ0v) is 10.6. The van der Waals surface area contributed by atoms with Gasteiger partial charge in [0, 0.05) is 19.4 Å². The van der Waals surface area contributed by atoms with E-state index < -0.39 is 11.7 Å². The Kier molecular flexibility index (Phi) is 3.74. The van der Waals surface area contributed by atoms with Crippen molar-refractivity contribution < 1.29 is 9.18 Å². The number of hydrogen-bond donors (Lipinski definition) is 3. The van der Waals surface area contributed by atoms with E-state index in [1.165, 1.54) is 0 Å². The summed E-state index contributed by atoms with van der Waals surface area (Å²) in [6, 6.07) is 0.832. The number of nitrogens with one attached hydrogen (secondary N) is 3. The number of aromatic nitrogens is 3. The van der Waals surface area contributed by atoms with Crippen LogP contribution < -0.4 is 10.6 Å². The second-order valence-corrected chi connectivity index (χ2v) is 3.97. The van der Waals surface area contributed by atoms with Crippen molar-refractivity contribution in [1.82, 2.24) is 20.3 Å². The van der Waals surface area contributed by atoms with Gasteiger partial charge in [-0.25, -0.2) is 14.4 Å². The highest BCUT2D eigenvalue weighted by atomic mass is 19.1. The maximum Gasteiger partial charge on any atom is 0.255 e. The van der Waals surface area contributed by atoms with Gasteiger partial charge in [0.15, 0.2) is 0 Å². The summed E-state index contributed by atoms with van der Waals surface area (Å²) >= 11 is 0. The molecule has 7 heteroatoms. The molecule has 0 saturated carbocycles. The smallest absolute Gasteiger partial charge is 0.255 e. The topological polar surface area (TPSA) is 82.7 Å². The first-order chi connectivity index (χ1) is 9.11. The second-order valence-electron chi connectivity index (χ2n) is 3.97. The Morgan fingerprint density at radius 1 is 1.47 bits per heavy atom. The lowest BCUT2D eigenvalue weighted by atomic mass is 10.2. The van der Waals surface area contributed by atoms with Crippen LogP contribution in [0, 0.1) is 5.82 Å². The molecule has 2 heterocycles. The van der Waals surface area contributed by atoms with Crippen LogP contribution in [0.2, 0.25) is 0 Å². The van der Waals surface area contributed by atoms with E-state index in [1.54, 1.807) is 26.4 Å². The van der Waals surface area contributed by atoms with Gasteiger partial charge in [0.1, 0.15) is 17.5 Å². The fraction of sp³-hybridized carbons (Fsp3) is 0.250. The Hall–Kier alpha value is -2.44. The molecule has 1 atom stereocenters. The summed E-state index contributed by atoms with van der Waals surface area (Å²) in [6.07, 6.45) is 4.32. The number of rotatable bonds is 4. The number of imidazole rings is 1. The van der Waals surface area contributed by atoms with Gasteiger partial charge in [0.25, 0.3) is 5.91 Å². The molecule has 0 bridgehead atoms. The van der Waals surface area contributed by atoms with Crippen molar-refractivity contribution in [3.05, 3.63) is 41.9 Å². The molecule has 0 aliphatic carbocycles. The Labute approximate surface area is 109 Å². The Morgan fingerprint density at radius 3 is 2.89 bits per heavy atom. The lowest BCUT2D eigenvalue weighted by molar-refractivity contribution is 0.0938. The van der Waals surface area contributed by atoms with Crippen molar-refractivity contribution in [2.45, 2.75) is 13.0 Å². The second kappa shape index (κ2) is 5.47. The molecule has 2 rings (SSSR count). The Balaban J connectivity index is 2.18. The summed E-state index contributed by atoms with van der Waals surface area (Å²) in [6.45, 7) is 1.78. The molecule has 100 valence electrons. The van der Waals surface area contributed by atoms with Crippen molar-refractivity contribution in [2.24, 2.45) is 0 Å². The quantitative estimate of drug-likeness (QED) is 0.780. The van der Waals surface area contributed by atoms with E-state index in [9.17, 15) is 9.18 Å².